The fourth-order valence-corrected chi connectivity index (χ4v) is 3.76. The summed E-state index contributed by atoms with van der Waals surface area (Å²) in [6, 6.07) is 7.73. The lowest BCUT2D eigenvalue weighted by atomic mass is 9.88. The van der Waals surface area contributed by atoms with Crippen molar-refractivity contribution in [2.45, 2.75) is 37.6 Å². The van der Waals surface area contributed by atoms with E-state index in [0.717, 1.165) is 30.6 Å². The van der Waals surface area contributed by atoms with Gasteiger partial charge < -0.3 is 15.4 Å². The van der Waals surface area contributed by atoms with Crippen LogP contribution in [-0.4, -0.2) is 42.9 Å². The van der Waals surface area contributed by atoms with Crippen LogP contribution in [0.4, 0.5) is 19.1 Å². The molecule has 0 atom stereocenters. The van der Waals surface area contributed by atoms with Crippen molar-refractivity contribution in [3.63, 3.8) is 0 Å². The Morgan fingerprint density at radius 2 is 1.79 bits per heavy atom. The highest BCUT2D eigenvalue weighted by molar-refractivity contribution is 5.67. The van der Waals surface area contributed by atoms with Crippen LogP contribution in [0.25, 0.3) is 11.3 Å². The Kier molecular flexibility index (Phi) is 5.25. The molecule has 2 aliphatic heterocycles. The number of alkyl halides is 3. The van der Waals surface area contributed by atoms with Gasteiger partial charge in [-0.25, -0.2) is 9.97 Å². The van der Waals surface area contributed by atoms with Crippen molar-refractivity contribution in [2.24, 2.45) is 5.73 Å². The number of benzene rings is 1. The van der Waals surface area contributed by atoms with Crippen LogP contribution in [0.15, 0.2) is 24.3 Å². The third kappa shape index (κ3) is 3.59. The molecule has 2 fully saturated rings. The molecule has 2 aromatic rings. The smallest absolute Gasteiger partial charge is 0.290 e. The molecule has 0 spiro atoms. The van der Waals surface area contributed by atoms with Crippen LogP contribution in [0.5, 0.6) is 0 Å². The molecule has 1 aromatic carbocycles. The Morgan fingerprint density at radius 1 is 1.14 bits per heavy atom. The van der Waals surface area contributed by atoms with Crippen LogP contribution in [-0.2, 0) is 22.6 Å². The highest BCUT2D eigenvalue weighted by Crippen LogP contribution is 2.44. The Labute approximate surface area is 168 Å². The van der Waals surface area contributed by atoms with Crippen molar-refractivity contribution in [1.29, 1.82) is 0 Å². The van der Waals surface area contributed by atoms with Crippen molar-refractivity contribution in [1.82, 2.24) is 9.97 Å². The van der Waals surface area contributed by atoms with E-state index >= 15 is 0 Å². The van der Waals surface area contributed by atoms with E-state index in [1.807, 2.05) is 29.2 Å². The van der Waals surface area contributed by atoms with Gasteiger partial charge in [0.15, 0.2) is 0 Å². The predicted octanol–water partition coefficient (Wildman–Crippen LogP) is 3.55. The van der Waals surface area contributed by atoms with Gasteiger partial charge in [0, 0.05) is 30.6 Å². The van der Waals surface area contributed by atoms with Crippen LogP contribution < -0.4 is 10.6 Å². The van der Waals surface area contributed by atoms with Crippen LogP contribution in [0.1, 0.15) is 36.6 Å². The summed E-state index contributed by atoms with van der Waals surface area (Å²) in [4.78, 5) is 10.8. The Morgan fingerprint density at radius 3 is 2.31 bits per heavy atom. The first-order valence-electron chi connectivity index (χ1n) is 9.95. The number of nitrogens with two attached hydrogens (primary N) is 1. The van der Waals surface area contributed by atoms with E-state index in [2.05, 4.69) is 9.97 Å². The van der Waals surface area contributed by atoms with Gasteiger partial charge in [0.25, 0.3) is 5.92 Å². The second-order valence-electron chi connectivity index (χ2n) is 7.74. The van der Waals surface area contributed by atoms with Crippen molar-refractivity contribution in [2.75, 3.05) is 37.9 Å². The van der Waals surface area contributed by atoms with Gasteiger partial charge in [-0.2, -0.15) is 8.78 Å². The first-order chi connectivity index (χ1) is 13.9. The zero-order chi connectivity index (χ0) is 20.6. The number of rotatable bonds is 3. The van der Waals surface area contributed by atoms with Gasteiger partial charge in [0.2, 0.25) is 5.95 Å². The molecule has 8 heteroatoms. The molecular weight excluding hydrogens is 381 g/mol. The zero-order valence-electron chi connectivity index (χ0n) is 16.4. The minimum atomic E-state index is -2.88. The summed E-state index contributed by atoms with van der Waals surface area (Å²) in [5.41, 5.74) is 8.74. The number of nitrogens with zero attached hydrogens (tertiary/aromatic N) is 3. The minimum Gasteiger partial charge on any atom is -0.377 e. The monoisotopic (exact) mass is 406 g/mol. The molecule has 1 aliphatic carbocycles. The normalized spacial score (nSPS) is 20.8. The third-order valence-corrected chi connectivity index (χ3v) is 5.62. The Hall–Kier alpha value is -2.19. The van der Waals surface area contributed by atoms with E-state index < -0.39 is 11.5 Å². The molecule has 0 saturated carbocycles. The number of fused-ring (bicyclic) bond motifs is 1. The number of hydrogen-bond donors (Lipinski definition) is 1. The zero-order valence-corrected chi connectivity index (χ0v) is 16.4. The lowest BCUT2D eigenvalue weighted by molar-refractivity contribution is -0.0569. The van der Waals surface area contributed by atoms with Gasteiger partial charge in [-0.1, -0.05) is 24.3 Å². The summed E-state index contributed by atoms with van der Waals surface area (Å²) in [6.45, 7) is 3.85. The second-order valence-corrected chi connectivity index (χ2v) is 7.74. The van der Waals surface area contributed by atoms with Crippen molar-refractivity contribution >= 4 is 5.95 Å². The maximum atomic E-state index is 14.3. The van der Waals surface area contributed by atoms with Gasteiger partial charge in [-0.15, -0.1) is 0 Å². The van der Waals surface area contributed by atoms with Crippen LogP contribution in [0.3, 0.4) is 0 Å². The molecule has 0 radical (unpaired) electrons. The number of ether oxygens (including phenoxy) is 1. The number of halogens is 3. The molecule has 156 valence electrons. The summed E-state index contributed by atoms with van der Waals surface area (Å²) in [5, 5.41) is 0. The molecule has 2 N–H and O–H groups in total. The second kappa shape index (κ2) is 7.57. The van der Waals surface area contributed by atoms with Gasteiger partial charge in [-0.05, 0) is 25.3 Å². The number of aromatic nitrogens is 2. The van der Waals surface area contributed by atoms with Crippen molar-refractivity contribution < 1.29 is 17.9 Å². The largest absolute Gasteiger partial charge is 0.377 e. The van der Waals surface area contributed by atoms with Gasteiger partial charge in [-0.3, -0.25) is 4.39 Å². The molecule has 0 bridgehead atoms. The first kappa shape index (κ1) is 20.1. The number of hydrogen-bond acceptors (Lipinski definition) is 5. The minimum absolute atomic E-state index is 0.101. The molecule has 0 amide bonds. The van der Waals surface area contributed by atoms with E-state index in [0.29, 0.717) is 36.8 Å². The van der Waals surface area contributed by atoms with E-state index in [1.165, 1.54) is 6.92 Å². The van der Waals surface area contributed by atoms with Crippen LogP contribution in [0, 0.1) is 0 Å². The SMILES string of the molecule is CCF.NC1(c2ccc(-c3nc(N4CCC4)nc4c3CCC4(F)F)cc2)COC1. The molecule has 1 aromatic heterocycles. The lowest BCUT2D eigenvalue weighted by Crippen LogP contribution is -2.54. The van der Waals surface area contributed by atoms with E-state index in [-0.39, 0.29) is 18.8 Å². The fourth-order valence-electron chi connectivity index (χ4n) is 3.76. The van der Waals surface area contributed by atoms with Gasteiger partial charge in [0.1, 0.15) is 5.69 Å². The molecule has 5 rings (SSSR count). The molecule has 3 aliphatic rings. The fraction of sp³-hybridized carbons (Fsp3) is 0.524. The average molecular weight is 406 g/mol. The Bertz CT molecular complexity index is 880. The lowest BCUT2D eigenvalue weighted by Gasteiger charge is -2.38. The van der Waals surface area contributed by atoms with Crippen molar-refractivity contribution in [3.8, 4) is 11.3 Å². The summed E-state index contributed by atoms with van der Waals surface area (Å²) < 4.78 is 44.2. The maximum Gasteiger partial charge on any atom is 0.290 e. The quantitative estimate of drug-likeness (QED) is 0.845. The third-order valence-electron chi connectivity index (χ3n) is 5.62. The van der Waals surface area contributed by atoms with E-state index in [1.54, 1.807) is 0 Å². The average Bonchev–Trinajstić information content (AvgIpc) is 2.94. The van der Waals surface area contributed by atoms with Crippen LogP contribution in [0.2, 0.25) is 0 Å². The summed E-state index contributed by atoms with van der Waals surface area (Å²) >= 11 is 0. The molecule has 29 heavy (non-hydrogen) atoms. The Balaban J connectivity index is 0.000000645. The number of anilines is 1. The summed E-state index contributed by atoms with van der Waals surface area (Å²) in [7, 11) is 0. The molecular formula is C21H25F3N4O. The predicted molar refractivity (Wildman–Crippen MR) is 105 cm³/mol. The molecule has 5 nitrogen and oxygen atoms in total. The van der Waals surface area contributed by atoms with E-state index in [4.69, 9.17) is 10.5 Å². The molecule has 0 unspecified atom stereocenters. The highest BCUT2D eigenvalue weighted by Gasteiger charge is 2.43. The first-order valence-corrected chi connectivity index (χ1v) is 9.95. The summed E-state index contributed by atoms with van der Waals surface area (Å²) in [6.07, 6.45) is 1.14. The van der Waals surface area contributed by atoms with Gasteiger partial charge in [0.05, 0.1) is 31.1 Å². The maximum absolute atomic E-state index is 14.3. The molecule has 3 heterocycles. The highest BCUT2D eigenvalue weighted by atomic mass is 19.3. The van der Waals surface area contributed by atoms with Crippen LogP contribution >= 0.6 is 0 Å². The molecule has 2 saturated heterocycles. The van der Waals surface area contributed by atoms with Gasteiger partial charge >= 0.3 is 0 Å². The summed E-state index contributed by atoms with van der Waals surface area (Å²) in [5.74, 6) is -2.46. The van der Waals surface area contributed by atoms with E-state index in [9.17, 15) is 13.2 Å². The topological polar surface area (TPSA) is 64.3 Å². The standard InChI is InChI=1S/C19H20F2N4O.C2H5F/c20-19(21)7-6-14-15(23-17(24-16(14)19)25-8-1-9-25)12-2-4-13(5-3-12)18(22)10-26-11-18;1-2-3/h2-5H,1,6-11,22H2;2H2,1H3. The van der Waals surface area contributed by atoms with Crippen molar-refractivity contribution in [3.05, 3.63) is 41.1 Å².